The summed E-state index contributed by atoms with van der Waals surface area (Å²) in [5.74, 6) is -0.257. The van der Waals surface area contributed by atoms with Gasteiger partial charge >= 0.3 is 0 Å². The van der Waals surface area contributed by atoms with Crippen LogP contribution in [0.25, 0.3) is 0 Å². The number of nitrogens with one attached hydrogen (secondary N) is 2. The first-order valence-electron chi connectivity index (χ1n) is 8.98. The first kappa shape index (κ1) is 21.7. The van der Waals surface area contributed by atoms with Gasteiger partial charge in [-0.15, -0.1) is 11.3 Å². The lowest BCUT2D eigenvalue weighted by Gasteiger charge is -2.33. The summed E-state index contributed by atoms with van der Waals surface area (Å²) in [6.07, 6.45) is 0. The Hall–Kier alpha value is -1.64. The minimum absolute atomic E-state index is 0.0252. The molecule has 0 unspecified atom stereocenters. The molecule has 1 aliphatic rings. The van der Waals surface area contributed by atoms with Gasteiger partial charge in [-0.2, -0.15) is 0 Å². The summed E-state index contributed by atoms with van der Waals surface area (Å²) in [7, 11) is 1.62. The van der Waals surface area contributed by atoms with E-state index in [1.807, 2.05) is 20.8 Å². The summed E-state index contributed by atoms with van der Waals surface area (Å²) >= 11 is 7.07. The molecule has 3 amide bonds. The van der Waals surface area contributed by atoms with E-state index in [2.05, 4.69) is 5.32 Å². The maximum Gasteiger partial charge on any atom is 0.275 e. The second kappa shape index (κ2) is 9.03. The number of quaternary nitrogens is 1. The van der Waals surface area contributed by atoms with Gasteiger partial charge in [0, 0.05) is 12.6 Å². The van der Waals surface area contributed by atoms with Crippen LogP contribution in [0.2, 0.25) is 4.34 Å². The van der Waals surface area contributed by atoms with E-state index in [4.69, 9.17) is 11.6 Å². The molecule has 2 heterocycles. The Morgan fingerprint density at radius 2 is 1.89 bits per heavy atom. The SMILES string of the molecule is CN(CC(=O)N1CC[NH+](CC(=O)NC(C)(C)C)CC1)C(=O)c1ccc(Cl)s1. The number of likely N-dealkylation sites (N-methyl/N-ethyl adjacent to an activating group) is 1. The van der Waals surface area contributed by atoms with Crippen LogP contribution in [0.5, 0.6) is 0 Å². The van der Waals surface area contributed by atoms with Crippen LogP contribution >= 0.6 is 22.9 Å². The summed E-state index contributed by atoms with van der Waals surface area (Å²) in [5.41, 5.74) is -0.238. The van der Waals surface area contributed by atoms with Crippen LogP contribution in [0.15, 0.2) is 12.1 Å². The van der Waals surface area contributed by atoms with E-state index < -0.39 is 0 Å². The fraction of sp³-hybridized carbons (Fsp3) is 0.611. The fourth-order valence-electron chi connectivity index (χ4n) is 2.93. The van der Waals surface area contributed by atoms with Gasteiger partial charge in [0.05, 0.1) is 41.9 Å². The number of hydrogen-bond donors (Lipinski definition) is 2. The number of thiophene rings is 1. The average molecular weight is 416 g/mol. The molecule has 27 heavy (non-hydrogen) atoms. The molecule has 150 valence electrons. The first-order valence-corrected chi connectivity index (χ1v) is 10.2. The smallest absolute Gasteiger partial charge is 0.275 e. The number of piperazine rings is 1. The zero-order chi connectivity index (χ0) is 20.2. The largest absolute Gasteiger partial charge is 0.347 e. The molecule has 0 bridgehead atoms. The average Bonchev–Trinajstić information content (AvgIpc) is 2.99. The molecule has 2 N–H and O–H groups in total. The predicted octanol–water partition coefficient (Wildman–Crippen LogP) is 0.115. The summed E-state index contributed by atoms with van der Waals surface area (Å²) in [6, 6.07) is 3.34. The molecule has 0 spiro atoms. The van der Waals surface area contributed by atoms with Crippen molar-refractivity contribution in [2.45, 2.75) is 26.3 Å². The molecule has 1 saturated heterocycles. The summed E-state index contributed by atoms with van der Waals surface area (Å²) in [4.78, 5) is 41.7. The van der Waals surface area contributed by atoms with Crippen molar-refractivity contribution in [2.75, 3.05) is 46.3 Å². The number of carbonyl (C=O) groups excluding carboxylic acids is 3. The van der Waals surface area contributed by atoms with Crippen molar-refractivity contribution in [3.8, 4) is 0 Å². The number of nitrogens with zero attached hydrogens (tertiary/aromatic N) is 2. The molecule has 0 saturated carbocycles. The molecule has 1 aromatic heterocycles. The Balaban J connectivity index is 1.77. The van der Waals surface area contributed by atoms with Crippen LogP contribution in [0.4, 0.5) is 0 Å². The van der Waals surface area contributed by atoms with Gasteiger partial charge in [-0.3, -0.25) is 14.4 Å². The van der Waals surface area contributed by atoms with Crippen molar-refractivity contribution in [3.63, 3.8) is 0 Å². The highest BCUT2D eigenvalue weighted by molar-refractivity contribution is 7.17. The highest BCUT2D eigenvalue weighted by atomic mass is 35.5. The monoisotopic (exact) mass is 415 g/mol. The van der Waals surface area contributed by atoms with E-state index in [1.165, 1.54) is 21.1 Å². The molecule has 2 rings (SSSR count). The first-order chi connectivity index (χ1) is 12.5. The molecule has 7 nitrogen and oxygen atoms in total. The Bertz CT molecular complexity index is 693. The topological polar surface area (TPSA) is 74.2 Å². The van der Waals surface area contributed by atoms with Crippen LogP contribution in [-0.4, -0.2) is 79.4 Å². The van der Waals surface area contributed by atoms with Gasteiger partial charge in [0.1, 0.15) is 0 Å². The minimum Gasteiger partial charge on any atom is -0.347 e. The van der Waals surface area contributed by atoms with E-state index in [1.54, 1.807) is 24.1 Å². The van der Waals surface area contributed by atoms with E-state index in [-0.39, 0.29) is 29.8 Å². The van der Waals surface area contributed by atoms with Gasteiger partial charge < -0.3 is 20.0 Å². The van der Waals surface area contributed by atoms with Crippen molar-refractivity contribution in [2.24, 2.45) is 0 Å². The highest BCUT2D eigenvalue weighted by Crippen LogP contribution is 2.22. The Kier molecular flexibility index (Phi) is 7.25. The Morgan fingerprint density at radius 1 is 1.26 bits per heavy atom. The summed E-state index contributed by atoms with van der Waals surface area (Å²) in [6.45, 7) is 8.94. The third kappa shape index (κ3) is 6.79. The molecule has 1 aromatic rings. The number of halogens is 1. The molecule has 1 fully saturated rings. The Morgan fingerprint density at radius 3 is 2.41 bits per heavy atom. The maximum absolute atomic E-state index is 12.5. The maximum atomic E-state index is 12.5. The van der Waals surface area contributed by atoms with Crippen molar-refractivity contribution < 1.29 is 19.3 Å². The molecule has 0 aliphatic carbocycles. The zero-order valence-corrected chi connectivity index (χ0v) is 17.9. The second-order valence-electron chi connectivity index (χ2n) is 7.87. The van der Waals surface area contributed by atoms with Gasteiger partial charge in [0.15, 0.2) is 6.54 Å². The number of rotatable bonds is 5. The van der Waals surface area contributed by atoms with Crippen LogP contribution in [-0.2, 0) is 9.59 Å². The molecular formula is C18H28ClN4O3S+. The predicted molar refractivity (Wildman–Crippen MR) is 106 cm³/mol. The normalized spacial score (nSPS) is 15.5. The molecule has 1 aliphatic heterocycles. The molecule has 0 aromatic carbocycles. The number of hydrogen-bond acceptors (Lipinski definition) is 4. The lowest BCUT2D eigenvalue weighted by atomic mass is 10.1. The van der Waals surface area contributed by atoms with Gasteiger partial charge in [-0.1, -0.05) is 11.6 Å². The molecule has 0 radical (unpaired) electrons. The molecular weight excluding hydrogens is 388 g/mol. The van der Waals surface area contributed by atoms with Crippen LogP contribution in [0, 0.1) is 0 Å². The lowest BCUT2D eigenvalue weighted by Crippen LogP contribution is -3.16. The number of carbonyl (C=O) groups is 3. The van der Waals surface area contributed by atoms with Crippen LogP contribution in [0.3, 0.4) is 0 Å². The zero-order valence-electron chi connectivity index (χ0n) is 16.3. The Labute approximate surface area is 169 Å². The third-order valence-corrected chi connectivity index (χ3v) is 5.47. The summed E-state index contributed by atoms with van der Waals surface area (Å²) < 4.78 is 0.549. The fourth-order valence-corrected chi connectivity index (χ4v) is 3.97. The molecule has 9 heteroatoms. The van der Waals surface area contributed by atoms with Gasteiger partial charge in [0.25, 0.3) is 11.8 Å². The van der Waals surface area contributed by atoms with Gasteiger partial charge in [0.2, 0.25) is 5.91 Å². The van der Waals surface area contributed by atoms with Crippen LogP contribution < -0.4 is 10.2 Å². The lowest BCUT2D eigenvalue weighted by molar-refractivity contribution is -0.896. The number of amides is 3. The van der Waals surface area contributed by atoms with E-state index in [9.17, 15) is 14.4 Å². The van der Waals surface area contributed by atoms with Crippen molar-refractivity contribution in [3.05, 3.63) is 21.3 Å². The van der Waals surface area contributed by atoms with Crippen molar-refractivity contribution in [1.82, 2.24) is 15.1 Å². The third-order valence-electron chi connectivity index (χ3n) is 4.25. The standard InChI is InChI=1S/C18H27ClN4O3S/c1-18(2,3)20-15(24)11-22-7-9-23(10-8-22)16(25)12-21(4)17(26)13-5-6-14(19)27-13/h5-6H,7-12H2,1-4H3,(H,20,24)/p+1. The van der Waals surface area contributed by atoms with Crippen molar-refractivity contribution in [1.29, 1.82) is 0 Å². The summed E-state index contributed by atoms with van der Waals surface area (Å²) in [5, 5.41) is 2.96. The van der Waals surface area contributed by atoms with Crippen LogP contribution in [0.1, 0.15) is 30.4 Å². The highest BCUT2D eigenvalue weighted by Gasteiger charge is 2.27. The minimum atomic E-state index is -0.238. The quantitative estimate of drug-likeness (QED) is 0.717. The van der Waals surface area contributed by atoms with E-state index in [0.29, 0.717) is 28.8 Å². The molecule has 0 atom stereocenters. The van der Waals surface area contributed by atoms with E-state index >= 15 is 0 Å². The van der Waals surface area contributed by atoms with E-state index in [0.717, 1.165) is 13.1 Å². The van der Waals surface area contributed by atoms with Gasteiger partial charge in [-0.25, -0.2) is 0 Å². The van der Waals surface area contributed by atoms with Gasteiger partial charge in [-0.05, 0) is 32.9 Å². The second-order valence-corrected chi connectivity index (χ2v) is 9.59. The van der Waals surface area contributed by atoms with Crippen molar-refractivity contribution >= 4 is 40.7 Å².